The van der Waals surface area contributed by atoms with Crippen LogP contribution in [0.1, 0.15) is 26.3 Å². The van der Waals surface area contributed by atoms with E-state index in [1.165, 1.54) is 0 Å². The Labute approximate surface area is 151 Å². The number of hydrogen-bond donors (Lipinski definition) is 3. The second-order valence-corrected chi connectivity index (χ2v) is 7.78. The first kappa shape index (κ1) is 21.2. The minimum Gasteiger partial charge on any atom is -0.489 e. The molecule has 0 aliphatic carbocycles. The van der Waals surface area contributed by atoms with Gasteiger partial charge in [0, 0.05) is 19.6 Å². The van der Waals surface area contributed by atoms with E-state index in [0.717, 1.165) is 17.9 Å². The molecule has 0 aliphatic heterocycles. The fraction of sp³-hybridized carbons (Fsp3) is 0.588. The van der Waals surface area contributed by atoms with Crippen LogP contribution in [0.25, 0.3) is 0 Å². The number of benzene rings is 1. The zero-order valence-corrected chi connectivity index (χ0v) is 16.3. The maximum absolute atomic E-state index is 11.4. The number of nitrogens with zero attached hydrogens (tertiary/aromatic N) is 1. The molecule has 0 amide bonds. The summed E-state index contributed by atoms with van der Waals surface area (Å²) in [5.74, 6) is 1.54. The van der Waals surface area contributed by atoms with Crippen molar-refractivity contribution < 1.29 is 13.2 Å². The molecule has 1 rings (SSSR count). The lowest BCUT2D eigenvalue weighted by atomic mass is 10.2. The number of hydrogen-bond acceptors (Lipinski definition) is 4. The number of aryl methyl sites for hydroxylation is 1. The van der Waals surface area contributed by atoms with E-state index < -0.39 is 10.0 Å². The van der Waals surface area contributed by atoms with E-state index >= 15 is 0 Å². The summed E-state index contributed by atoms with van der Waals surface area (Å²) in [6.45, 7) is 9.55. The van der Waals surface area contributed by atoms with E-state index in [9.17, 15) is 8.42 Å². The molecular weight excluding hydrogens is 340 g/mol. The SMILES string of the molecule is CCNC(=NCC(C)Oc1cccc(C)c1)NCCNS(=O)(=O)CC. The maximum Gasteiger partial charge on any atom is 0.211 e. The fourth-order valence-corrected chi connectivity index (χ4v) is 2.63. The van der Waals surface area contributed by atoms with E-state index in [1.807, 2.05) is 45.0 Å². The lowest BCUT2D eigenvalue weighted by Crippen LogP contribution is -2.42. The van der Waals surface area contributed by atoms with Crippen molar-refractivity contribution in [3.05, 3.63) is 29.8 Å². The fourth-order valence-electron chi connectivity index (χ4n) is 2.01. The van der Waals surface area contributed by atoms with E-state index in [2.05, 4.69) is 20.3 Å². The van der Waals surface area contributed by atoms with Crippen molar-refractivity contribution in [2.75, 3.05) is 31.9 Å². The molecule has 0 saturated carbocycles. The van der Waals surface area contributed by atoms with E-state index in [0.29, 0.717) is 25.6 Å². The first-order valence-electron chi connectivity index (χ1n) is 8.59. The molecule has 0 aromatic heterocycles. The average molecular weight is 371 g/mol. The molecule has 8 heteroatoms. The molecule has 0 fully saturated rings. The molecule has 142 valence electrons. The number of nitrogens with one attached hydrogen (secondary N) is 3. The second-order valence-electron chi connectivity index (χ2n) is 5.69. The van der Waals surface area contributed by atoms with Gasteiger partial charge in [0.15, 0.2) is 5.96 Å². The first-order chi connectivity index (χ1) is 11.9. The molecule has 1 aromatic rings. The van der Waals surface area contributed by atoms with Gasteiger partial charge >= 0.3 is 0 Å². The molecule has 25 heavy (non-hydrogen) atoms. The van der Waals surface area contributed by atoms with Gasteiger partial charge in [0.2, 0.25) is 10.0 Å². The van der Waals surface area contributed by atoms with Crippen LogP contribution in [0.4, 0.5) is 0 Å². The molecule has 7 nitrogen and oxygen atoms in total. The molecule has 1 unspecified atom stereocenters. The highest BCUT2D eigenvalue weighted by Gasteiger charge is 2.06. The molecule has 0 aliphatic rings. The van der Waals surface area contributed by atoms with Crippen LogP contribution in [-0.2, 0) is 10.0 Å². The smallest absolute Gasteiger partial charge is 0.211 e. The van der Waals surface area contributed by atoms with E-state index in [4.69, 9.17) is 4.74 Å². The van der Waals surface area contributed by atoms with Crippen molar-refractivity contribution in [1.82, 2.24) is 15.4 Å². The summed E-state index contributed by atoms with van der Waals surface area (Å²) in [5.41, 5.74) is 1.15. The summed E-state index contributed by atoms with van der Waals surface area (Å²) >= 11 is 0. The Morgan fingerprint density at radius 1 is 1.24 bits per heavy atom. The Balaban J connectivity index is 2.45. The summed E-state index contributed by atoms with van der Waals surface area (Å²) in [4.78, 5) is 4.48. The number of rotatable bonds is 10. The Hall–Kier alpha value is -1.80. The Morgan fingerprint density at radius 3 is 2.64 bits per heavy atom. The molecule has 1 aromatic carbocycles. The van der Waals surface area contributed by atoms with Gasteiger partial charge in [-0.25, -0.2) is 18.1 Å². The lowest BCUT2D eigenvalue weighted by molar-refractivity contribution is 0.230. The molecule has 3 N–H and O–H groups in total. The van der Waals surface area contributed by atoms with Crippen molar-refractivity contribution in [2.24, 2.45) is 4.99 Å². The van der Waals surface area contributed by atoms with Crippen molar-refractivity contribution in [3.63, 3.8) is 0 Å². The third-order valence-electron chi connectivity index (χ3n) is 3.30. The van der Waals surface area contributed by atoms with Gasteiger partial charge in [-0.2, -0.15) is 0 Å². The first-order valence-corrected chi connectivity index (χ1v) is 10.2. The lowest BCUT2D eigenvalue weighted by Gasteiger charge is -2.15. The van der Waals surface area contributed by atoms with Gasteiger partial charge in [-0.05, 0) is 45.4 Å². The highest BCUT2D eigenvalue weighted by molar-refractivity contribution is 7.89. The van der Waals surface area contributed by atoms with Crippen LogP contribution in [-0.4, -0.2) is 52.4 Å². The van der Waals surface area contributed by atoms with Gasteiger partial charge in [-0.3, -0.25) is 0 Å². The second kappa shape index (κ2) is 10.9. The topological polar surface area (TPSA) is 91.8 Å². The number of guanidine groups is 1. The number of ether oxygens (including phenoxy) is 1. The molecule has 0 radical (unpaired) electrons. The largest absolute Gasteiger partial charge is 0.489 e. The zero-order chi connectivity index (χ0) is 18.7. The Bertz CT molecular complexity index is 647. The van der Waals surface area contributed by atoms with Gasteiger partial charge in [0.05, 0.1) is 12.3 Å². The molecular formula is C17H30N4O3S. The quantitative estimate of drug-likeness (QED) is 0.328. The Kier molecular flexibility index (Phi) is 9.30. The summed E-state index contributed by atoms with van der Waals surface area (Å²) < 4.78 is 31.1. The van der Waals surface area contributed by atoms with Gasteiger partial charge < -0.3 is 15.4 Å². The third-order valence-corrected chi connectivity index (χ3v) is 4.70. The normalized spacial score (nSPS) is 13.4. The number of sulfonamides is 1. The average Bonchev–Trinajstić information content (AvgIpc) is 2.56. The van der Waals surface area contributed by atoms with Crippen LogP contribution in [0, 0.1) is 6.92 Å². The molecule has 0 heterocycles. The predicted octanol–water partition coefficient (Wildman–Crippen LogP) is 1.26. The summed E-state index contributed by atoms with van der Waals surface area (Å²) in [6, 6.07) is 7.90. The van der Waals surface area contributed by atoms with Crippen LogP contribution < -0.4 is 20.1 Å². The van der Waals surface area contributed by atoms with Crippen LogP contribution in [0.2, 0.25) is 0 Å². The Morgan fingerprint density at radius 2 is 2.00 bits per heavy atom. The molecule has 0 spiro atoms. The predicted molar refractivity (Wildman–Crippen MR) is 103 cm³/mol. The van der Waals surface area contributed by atoms with Gasteiger partial charge in [0.1, 0.15) is 11.9 Å². The summed E-state index contributed by atoms with van der Waals surface area (Å²) in [5, 5.41) is 6.23. The van der Waals surface area contributed by atoms with Crippen molar-refractivity contribution in [1.29, 1.82) is 0 Å². The third kappa shape index (κ3) is 9.31. The van der Waals surface area contributed by atoms with Gasteiger partial charge in [0.25, 0.3) is 0 Å². The van der Waals surface area contributed by atoms with Crippen LogP contribution in [0.3, 0.4) is 0 Å². The van der Waals surface area contributed by atoms with Crippen LogP contribution in [0.15, 0.2) is 29.3 Å². The molecule has 0 bridgehead atoms. The van der Waals surface area contributed by atoms with Crippen LogP contribution >= 0.6 is 0 Å². The maximum atomic E-state index is 11.4. The van der Waals surface area contributed by atoms with Gasteiger partial charge in [-0.1, -0.05) is 12.1 Å². The molecule has 1 atom stereocenters. The highest BCUT2D eigenvalue weighted by Crippen LogP contribution is 2.14. The van der Waals surface area contributed by atoms with E-state index in [1.54, 1.807) is 6.92 Å². The number of aliphatic imine (C=N–C) groups is 1. The van der Waals surface area contributed by atoms with Crippen molar-refractivity contribution in [2.45, 2.75) is 33.8 Å². The van der Waals surface area contributed by atoms with Crippen LogP contribution in [0.5, 0.6) is 5.75 Å². The summed E-state index contributed by atoms with van der Waals surface area (Å²) in [7, 11) is -3.16. The highest BCUT2D eigenvalue weighted by atomic mass is 32.2. The van der Waals surface area contributed by atoms with Crippen molar-refractivity contribution in [3.8, 4) is 5.75 Å². The summed E-state index contributed by atoms with van der Waals surface area (Å²) in [6.07, 6.45) is -0.0733. The standard InChI is InChI=1S/C17H30N4O3S/c1-5-18-17(19-10-11-21-25(22,23)6-2)20-13-15(4)24-16-9-7-8-14(3)12-16/h7-9,12,15,21H,5-6,10-11,13H2,1-4H3,(H2,18,19,20). The monoisotopic (exact) mass is 370 g/mol. The van der Waals surface area contributed by atoms with Crippen molar-refractivity contribution >= 4 is 16.0 Å². The molecule has 0 saturated heterocycles. The minimum absolute atomic E-state index is 0.0733. The minimum atomic E-state index is -3.16. The zero-order valence-electron chi connectivity index (χ0n) is 15.5. The van der Waals surface area contributed by atoms with E-state index in [-0.39, 0.29) is 11.9 Å². The van der Waals surface area contributed by atoms with Gasteiger partial charge in [-0.15, -0.1) is 0 Å².